The molecule has 0 saturated carbocycles. The number of aromatic amines is 1. The average molecular weight is 514 g/mol. The van der Waals surface area contributed by atoms with Crippen LogP contribution in [-0.4, -0.2) is 61.7 Å². The van der Waals surface area contributed by atoms with Gasteiger partial charge in [0.2, 0.25) is 0 Å². The van der Waals surface area contributed by atoms with Crippen molar-refractivity contribution in [2.24, 2.45) is 5.73 Å². The molecule has 1 fully saturated rings. The molecule has 1 aliphatic rings. The molecule has 11 heteroatoms. The van der Waals surface area contributed by atoms with Gasteiger partial charge in [-0.05, 0) is 80.4 Å². The number of piperidine rings is 1. The standard InChI is InChI=1S/C27H31N9O2/c1-17-14-19(16-22(15-17)38-21-8-12-35(2)13-9-21)23(32-20-6-4-18(5-7-20)24(28)29)25-33-27(37)36(34-25)26-30-10-3-11-31-26/h3-7,10-11,14-16,21,23,32H,8-9,12-13H2,1-2H3,(H3,28,29)(H,33,34,37)/t23-/m0/s1. The number of amidine groups is 1. The maximum atomic E-state index is 12.8. The number of nitrogen functional groups attached to an aromatic ring is 1. The normalized spacial score (nSPS) is 15.2. The summed E-state index contributed by atoms with van der Waals surface area (Å²) < 4.78 is 7.54. The van der Waals surface area contributed by atoms with E-state index in [4.69, 9.17) is 15.9 Å². The van der Waals surface area contributed by atoms with Gasteiger partial charge in [-0.15, -0.1) is 9.78 Å². The molecule has 38 heavy (non-hydrogen) atoms. The highest BCUT2D eigenvalue weighted by Crippen LogP contribution is 2.30. The number of aryl methyl sites for hydroxylation is 1. The van der Waals surface area contributed by atoms with Crippen LogP contribution in [0.5, 0.6) is 5.75 Å². The maximum absolute atomic E-state index is 12.8. The molecule has 0 bridgehead atoms. The van der Waals surface area contributed by atoms with E-state index in [0.29, 0.717) is 11.4 Å². The SMILES string of the molecule is Cc1cc(OC2CCN(C)CC2)cc([C@H](Nc2ccc(C(=N)N)cc2)c2nn(-c3ncccn3)c(=O)[nH]2)c1. The number of nitrogens with one attached hydrogen (secondary N) is 3. The van der Waals surface area contributed by atoms with Crippen LogP contribution >= 0.6 is 0 Å². The molecule has 2 aromatic carbocycles. The Balaban J connectivity index is 1.51. The smallest absolute Gasteiger partial charge is 0.350 e. The van der Waals surface area contributed by atoms with Crippen LogP contribution in [0.2, 0.25) is 0 Å². The van der Waals surface area contributed by atoms with E-state index in [0.717, 1.165) is 53.2 Å². The molecular weight excluding hydrogens is 482 g/mol. The van der Waals surface area contributed by atoms with Gasteiger partial charge in [-0.25, -0.2) is 14.8 Å². The number of ether oxygens (including phenoxy) is 1. The molecule has 0 aliphatic carbocycles. The molecular formula is C27H31N9O2. The Kier molecular flexibility index (Phi) is 7.18. The summed E-state index contributed by atoms with van der Waals surface area (Å²) >= 11 is 0. The molecule has 1 aliphatic heterocycles. The number of anilines is 1. The van der Waals surface area contributed by atoms with Crippen LogP contribution in [-0.2, 0) is 0 Å². The third-order valence-electron chi connectivity index (χ3n) is 6.53. The lowest BCUT2D eigenvalue weighted by molar-refractivity contribution is 0.114. The van der Waals surface area contributed by atoms with Crippen molar-refractivity contribution in [1.29, 1.82) is 5.41 Å². The van der Waals surface area contributed by atoms with E-state index in [1.165, 1.54) is 0 Å². The van der Waals surface area contributed by atoms with Crippen molar-refractivity contribution in [3.63, 3.8) is 0 Å². The van der Waals surface area contributed by atoms with Crippen LogP contribution in [0.25, 0.3) is 5.95 Å². The molecule has 3 heterocycles. The predicted molar refractivity (Wildman–Crippen MR) is 145 cm³/mol. The third kappa shape index (κ3) is 5.73. The fourth-order valence-corrected chi connectivity index (χ4v) is 4.54. The zero-order valence-corrected chi connectivity index (χ0v) is 21.4. The molecule has 2 aromatic heterocycles. The van der Waals surface area contributed by atoms with Crippen molar-refractivity contribution >= 4 is 11.5 Å². The number of nitrogens with zero attached hydrogens (tertiary/aromatic N) is 5. The number of benzene rings is 2. The van der Waals surface area contributed by atoms with E-state index in [-0.39, 0.29) is 17.9 Å². The highest BCUT2D eigenvalue weighted by molar-refractivity contribution is 5.95. The predicted octanol–water partition coefficient (Wildman–Crippen LogP) is 2.62. The fraction of sp³-hybridized carbons (Fsp3) is 0.296. The minimum Gasteiger partial charge on any atom is -0.490 e. The topological polar surface area (TPSA) is 151 Å². The summed E-state index contributed by atoms with van der Waals surface area (Å²) in [5.74, 6) is 1.35. The summed E-state index contributed by atoms with van der Waals surface area (Å²) in [5.41, 5.74) is 8.47. The molecule has 0 amide bonds. The van der Waals surface area contributed by atoms with Crippen LogP contribution in [0.1, 0.15) is 41.4 Å². The van der Waals surface area contributed by atoms with Crippen molar-refractivity contribution in [1.82, 2.24) is 29.6 Å². The second-order valence-corrected chi connectivity index (χ2v) is 9.54. The number of likely N-dealkylation sites (tertiary alicyclic amines) is 1. The van der Waals surface area contributed by atoms with Gasteiger partial charge in [-0.3, -0.25) is 10.4 Å². The van der Waals surface area contributed by atoms with Gasteiger partial charge in [0, 0.05) is 36.7 Å². The first kappa shape index (κ1) is 25.2. The summed E-state index contributed by atoms with van der Waals surface area (Å²) in [4.78, 5) is 26.3. The van der Waals surface area contributed by atoms with E-state index in [2.05, 4.69) is 37.3 Å². The van der Waals surface area contributed by atoms with Gasteiger partial charge in [0.15, 0.2) is 5.82 Å². The van der Waals surface area contributed by atoms with Crippen LogP contribution in [0.3, 0.4) is 0 Å². The largest absolute Gasteiger partial charge is 0.490 e. The summed E-state index contributed by atoms with van der Waals surface area (Å²) in [5, 5.41) is 15.7. The van der Waals surface area contributed by atoms with Gasteiger partial charge in [0.05, 0.1) is 0 Å². The molecule has 0 unspecified atom stereocenters. The number of aromatic nitrogens is 5. The molecule has 4 aromatic rings. The lowest BCUT2D eigenvalue weighted by Gasteiger charge is -2.29. The minimum atomic E-state index is -0.518. The van der Waals surface area contributed by atoms with Crippen molar-refractivity contribution in [3.8, 4) is 11.7 Å². The lowest BCUT2D eigenvalue weighted by atomic mass is 10.0. The quantitative estimate of drug-likeness (QED) is 0.207. The van der Waals surface area contributed by atoms with E-state index in [1.54, 1.807) is 30.6 Å². The lowest BCUT2D eigenvalue weighted by Crippen LogP contribution is -2.35. The van der Waals surface area contributed by atoms with Crippen molar-refractivity contribution in [3.05, 3.63) is 93.9 Å². The van der Waals surface area contributed by atoms with Gasteiger partial charge in [-0.1, -0.05) is 6.07 Å². The van der Waals surface area contributed by atoms with Gasteiger partial charge < -0.3 is 20.7 Å². The molecule has 1 saturated heterocycles. The van der Waals surface area contributed by atoms with E-state index in [1.807, 2.05) is 37.3 Å². The molecule has 5 rings (SSSR count). The Morgan fingerprint density at radius 2 is 1.87 bits per heavy atom. The molecule has 0 radical (unpaired) electrons. The Morgan fingerprint density at radius 3 is 2.55 bits per heavy atom. The fourth-order valence-electron chi connectivity index (χ4n) is 4.54. The first-order valence-electron chi connectivity index (χ1n) is 12.5. The van der Waals surface area contributed by atoms with Crippen LogP contribution < -0.4 is 21.5 Å². The van der Waals surface area contributed by atoms with E-state index < -0.39 is 11.7 Å². The van der Waals surface area contributed by atoms with Gasteiger partial charge in [0.25, 0.3) is 5.95 Å². The van der Waals surface area contributed by atoms with Crippen LogP contribution in [0, 0.1) is 12.3 Å². The number of rotatable bonds is 8. The molecule has 1 atom stereocenters. The summed E-state index contributed by atoms with van der Waals surface area (Å²) in [6.07, 6.45) is 5.21. The first-order chi connectivity index (χ1) is 18.4. The zero-order valence-electron chi connectivity index (χ0n) is 21.4. The number of hydrogen-bond donors (Lipinski definition) is 4. The number of nitrogens with two attached hydrogens (primary N) is 1. The Labute approximate surface area is 220 Å². The summed E-state index contributed by atoms with van der Waals surface area (Å²) in [7, 11) is 2.13. The number of H-pyrrole nitrogens is 1. The monoisotopic (exact) mass is 513 g/mol. The molecule has 196 valence electrons. The second-order valence-electron chi connectivity index (χ2n) is 9.54. The zero-order chi connectivity index (χ0) is 26.6. The van der Waals surface area contributed by atoms with E-state index >= 15 is 0 Å². The molecule has 11 nitrogen and oxygen atoms in total. The highest BCUT2D eigenvalue weighted by atomic mass is 16.5. The van der Waals surface area contributed by atoms with Crippen molar-refractivity contribution in [2.75, 3.05) is 25.5 Å². The maximum Gasteiger partial charge on any atom is 0.350 e. The van der Waals surface area contributed by atoms with Gasteiger partial charge >= 0.3 is 5.69 Å². The Bertz CT molecular complexity index is 1460. The summed E-state index contributed by atoms with van der Waals surface area (Å²) in [6.45, 7) is 4.02. The van der Waals surface area contributed by atoms with Gasteiger partial charge in [-0.2, -0.15) is 0 Å². The Hall–Kier alpha value is -4.51. The second kappa shape index (κ2) is 10.9. The minimum absolute atomic E-state index is 0.00610. The van der Waals surface area contributed by atoms with Crippen molar-refractivity contribution < 1.29 is 4.74 Å². The first-order valence-corrected chi connectivity index (χ1v) is 12.5. The highest BCUT2D eigenvalue weighted by Gasteiger charge is 2.23. The van der Waals surface area contributed by atoms with Crippen molar-refractivity contribution in [2.45, 2.75) is 31.9 Å². The average Bonchev–Trinajstić information content (AvgIpc) is 3.30. The molecule has 5 N–H and O–H groups in total. The summed E-state index contributed by atoms with van der Waals surface area (Å²) in [6, 6.07) is 14.4. The molecule has 0 spiro atoms. The number of hydrogen-bond acceptors (Lipinski definition) is 8. The van der Waals surface area contributed by atoms with E-state index in [9.17, 15) is 4.79 Å². The Morgan fingerprint density at radius 1 is 1.16 bits per heavy atom. The third-order valence-corrected chi connectivity index (χ3v) is 6.53. The van der Waals surface area contributed by atoms with Crippen LogP contribution in [0.4, 0.5) is 5.69 Å². The van der Waals surface area contributed by atoms with Crippen LogP contribution in [0.15, 0.2) is 65.7 Å². The van der Waals surface area contributed by atoms with Gasteiger partial charge in [0.1, 0.15) is 23.7 Å².